The molecule has 9 nitrogen and oxygen atoms in total. The van der Waals surface area contributed by atoms with E-state index in [1.807, 2.05) is 36.6 Å². The van der Waals surface area contributed by atoms with Crippen molar-refractivity contribution in [2.24, 2.45) is 5.73 Å². The van der Waals surface area contributed by atoms with Crippen molar-refractivity contribution in [1.82, 2.24) is 19.4 Å². The van der Waals surface area contributed by atoms with Crippen molar-refractivity contribution >= 4 is 22.5 Å². The van der Waals surface area contributed by atoms with Crippen LogP contribution in [0, 0.1) is 18.6 Å². The fourth-order valence-corrected chi connectivity index (χ4v) is 6.04. The number of hydrogen-bond acceptors (Lipinski definition) is 7. The zero-order valence-corrected chi connectivity index (χ0v) is 23.5. The van der Waals surface area contributed by atoms with E-state index in [2.05, 4.69) is 19.8 Å². The molecular formula is C31H32F2N6O3. The van der Waals surface area contributed by atoms with Crippen LogP contribution in [0.3, 0.4) is 0 Å². The molecule has 0 radical (unpaired) electrons. The van der Waals surface area contributed by atoms with E-state index in [-0.39, 0.29) is 46.5 Å². The van der Waals surface area contributed by atoms with Gasteiger partial charge in [-0.3, -0.25) is 19.5 Å². The van der Waals surface area contributed by atoms with Crippen molar-refractivity contribution in [3.63, 3.8) is 0 Å². The van der Waals surface area contributed by atoms with Crippen LogP contribution < -0.4 is 20.8 Å². The van der Waals surface area contributed by atoms with Gasteiger partial charge in [-0.25, -0.2) is 9.37 Å². The number of amides is 1. The molecule has 1 saturated heterocycles. The highest BCUT2D eigenvalue weighted by molar-refractivity contribution is 5.91. The number of pyridine rings is 3. The highest BCUT2D eigenvalue weighted by atomic mass is 19.2. The Morgan fingerprint density at radius 1 is 1.19 bits per heavy atom. The quantitative estimate of drug-likeness (QED) is 0.354. The Bertz CT molecular complexity index is 1730. The molecule has 3 aromatic heterocycles. The Labute approximate surface area is 241 Å². The van der Waals surface area contributed by atoms with Crippen LogP contribution >= 0.6 is 0 Å². The highest BCUT2D eigenvalue weighted by Gasteiger charge is 2.30. The molecule has 4 aromatic rings. The normalized spacial score (nSPS) is 18.4. The van der Waals surface area contributed by atoms with Gasteiger partial charge < -0.3 is 19.9 Å². The molecule has 0 saturated carbocycles. The van der Waals surface area contributed by atoms with Crippen LogP contribution in [0.15, 0.2) is 53.7 Å². The van der Waals surface area contributed by atoms with Crippen molar-refractivity contribution in [2.75, 3.05) is 24.6 Å². The van der Waals surface area contributed by atoms with Gasteiger partial charge >= 0.3 is 0 Å². The van der Waals surface area contributed by atoms with Gasteiger partial charge in [-0.2, -0.15) is 4.39 Å². The van der Waals surface area contributed by atoms with Gasteiger partial charge in [-0.05, 0) is 62.6 Å². The Balaban J connectivity index is 1.37. The van der Waals surface area contributed by atoms with Crippen molar-refractivity contribution in [1.29, 1.82) is 0 Å². The largest absolute Gasteiger partial charge is 0.486 e. The van der Waals surface area contributed by atoms with Gasteiger partial charge in [0, 0.05) is 55.9 Å². The third-order valence-corrected chi connectivity index (χ3v) is 8.18. The summed E-state index contributed by atoms with van der Waals surface area (Å²) < 4.78 is 36.5. The topological polar surface area (TPSA) is 107 Å². The van der Waals surface area contributed by atoms with Crippen LogP contribution in [-0.2, 0) is 13.1 Å². The summed E-state index contributed by atoms with van der Waals surface area (Å²) in [5.41, 5.74) is 8.87. The van der Waals surface area contributed by atoms with Crippen LogP contribution in [0.1, 0.15) is 53.1 Å². The Morgan fingerprint density at radius 3 is 2.76 bits per heavy atom. The van der Waals surface area contributed by atoms with Crippen molar-refractivity contribution in [2.45, 2.75) is 51.9 Å². The predicted octanol–water partition coefficient (Wildman–Crippen LogP) is 4.10. The molecule has 1 amide bonds. The van der Waals surface area contributed by atoms with E-state index in [0.29, 0.717) is 25.2 Å². The highest BCUT2D eigenvalue weighted by Crippen LogP contribution is 2.35. The van der Waals surface area contributed by atoms with E-state index in [1.54, 1.807) is 24.7 Å². The van der Waals surface area contributed by atoms with Gasteiger partial charge in [-0.15, -0.1) is 0 Å². The molecule has 218 valence electrons. The average molecular weight is 575 g/mol. The molecule has 42 heavy (non-hydrogen) atoms. The minimum Gasteiger partial charge on any atom is -0.486 e. The van der Waals surface area contributed by atoms with Crippen molar-refractivity contribution < 1.29 is 18.3 Å². The van der Waals surface area contributed by atoms with Crippen LogP contribution in [-0.4, -0.2) is 51.1 Å². The zero-order valence-electron chi connectivity index (χ0n) is 23.5. The summed E-state index contributed by atoms with van der Waals surface area (Å²) in [5, 5.41) is 0.110. The second-order valence-electron chi connectivity index (χ2n) is 11.2. The van der Waals surface area contributed by atoms with Gasteiger partial charge in [0.1, 0.15) is 12.3 Å². The number of rotatable bonds is 7. The third kappa shape index (κ3) is 5.20. The maximum Gasteiger partial charge on any atom is 0.267 e. The first-order valence-corrected chi connectivity index (χ1v) is 14.0. The van der Waals surface area contributed by atoms with Crippen LogP contribution in [0.2, 0.25) is 0 Å². The van der Waals surface area contributed by atoms with Crippen LogP contribution in [0.25, 0.3) is 10.9 Å². The number of halogens is 2. The van der Waals surface area contributed by atoms with Gasteiger partial charge in [0.15, 0.2) is 17.0 Å². The lowest BCUT2D eigenvalue weighted by Gasteiger charge is -2.40. The molecule has 1 fully saturated rings. The van der Waals surface area contributed by atoms with Crippen molar-refractivity contribution in [3.05, 3.63) is 93.3 Å². The number of carbonyl (C=O) groups is 1. The molecule has 5 heterocycles. The van der Waals surface area contributed by atoms with Crippen LogP contribution in [0.5, 0.6) is 5.75 Å². The minimum absolute atomic E-state index is 0.0702. The molecular weight excluding hydrogens is 542 g/mol. The standard InChI is InChI=1S/C31H32F2N6O3/c1-18-10-20(7-8-35-18)13-38(23-4-3-9-37(16-23)22-5-6-26(31(34)41)36-12-22)14-21-15-39-19(2)17-42-30-27(33)25(32)11-24(28(30)39)29(21)40/h5-8,10-12,15,19,23H,3-4,9,13-14,16-17H2,1-2H3,(H2,34,41)/t19?,23-/m0/s1. The van der Waals surface area contributed by atoms with E-state index >= 15 is 0 Å². The molecule has 2 aliphatic rings. The summed E-state index contributed by atoms with van der Waals surface area (Å²) >= 11 is 0. The molecule has 2 N–H and O–H groups in total. The number of benzene rings is 1. The predicted molar refractivity (Wildman–Crippen MR) is 155 cm³/mol. The molecule has 1 unspecified atom stereocenters. The summed E-state index contributed by atoms with van der Waals surface area (Å²) in [6.07, 6.45) is 7.03. The monoisotopic (exact) mass is 574 g/mol. The molecule has 6 rings (SSSR count). The third-order valence-electron chi connectivity index (χ3n) is 8.18. The number of hydrogen-bond donors (Lipinski definition) is 1. The number of nitrogens with two attached hydrogens (primary N) is 1. The van der Waals surface area contributed by atoms with E-state index in [0.717, 1.165) is 42.4 Å². The number of primary amides is 1. The molecule has 0 aliphatic carbocycles. The molecule has 11 heteroatoms. The molecule has 0 bridgehead atoms. The summed E-state index contributed by atoms with van der Waals surface area (Å²) in [7, 11) is 0. The summed E-state index contributed by atoms with van der Waals surface area (Å²) in [5.74, 6) is -2.97. The molecule has 2 aliphatic heterocycles. The first kappa shape index (κ1) is 27.8. The minimum atomic E-state index is -1.10. The lowest BCUT2D eigenvalue weighted by molar-refractivity contribution is 0.0995. The van der Waals surface area contributed by atoms with Gasteiger partial charge in [0.2, 0.25) is 5.82 Å². The van der Waals surface area contributed by atoms with Crippen molar-refractivity contribution in [3.8, 4) is 5.75 Å². The molecule has 2 atom stereocenters. The van der Waals surface area contributed by atoms with Crippen LogP contribution in [0.4, 0.5) is 14.5 Å². The second-order valence-corrected chi connectivity index (χ2v) is 11.2. The number of carbonyl (C=O) groups excluding carboxylic acids is 1. The number of aryl methyl sites for hydroxylation is 1. The van der Waals surface area contributed by atoms with Gasteiger partial charge in [0.05, 0.1) is 28.8 Å². The maximum atomic E-state index is 14.6. The second kappa shape index (κ2) is 11.1. The van der Waals surface area contributed by atoms with Gasteiger partial charge in [-0.1, -0.05) is 0 Å². The Hall–Kier alpha value is -4.38. The molecule has 0 spiro atoms. The van der Waals surface area contributed by atoms with E-state index < -0.39 is 17.5 Å². The Kier molecular flexibility index (Phi) is 7.36. The Morgan fingerprint density at radius 2 is 2.02 bits per heavy atom. The smallest absolute Gasteiger partial charge is 0.267 e. The zero-order chi connectivity index (χ0) is 29.5. The number of anilines is 1. The van der Waals surface area contributed by atoms with E-state index in [9.17, 15) is 18.4 Å². The molecule has 1 aromatic carbocycles. The van der Waals surface area contributed by atoms with E-state index in [4.69, 9.17) is 10.5 Å². The summed E-state index contributed by atoms with van der Waals surface area (Å²) in [6.45, 7) is 6.42. The maximum absolute atomic E-state index is 14.6. The average Bonchev–Trinajstić information content (AvgIpc) is 2.98. The SMILES string of the molecule is Cc1cc(CN(Cc2cn3c4c(c(F)c(F)cc4c2=O)OCC3C)[C@H]2CCCN(c3ccc(C(N)=O)nc3)C2)ccn1. The van der Waals surface area contributed by atoms with E-state index in [1.165, 1.54) is 0 Å². The fourth-order valence-electron chi connectivity index (χ4n) is 6.04. The first-order chi connectivity index (χ1) is 20.2. The lowest BCUT2D eigenvalue weighted by atomic mass is 10.0. The summed E-state index contributed by atoms with van der Waals surface area (Å²) in [4.78, 5) is 38.3. The number of piperidine rings is 1. The summed E-state index contributed by atoms with van der Waals surface area (Å²) in [6, 6.07) is 8.36. The first-order valence-electron chi connectivity index (χ1n) is 14.0. The van der Waals surface area contributed by atoms with Gasteiger partial charge in [0.25, 0.3) is 5.91 Å². The lowest BCUT2D eigenvalue weighted by Crippen LogP contribution is -2.48. The fraction of sp³-hybridized carbons (Fsp3) is 0.355. The number of aromatic nitrogens is 3. The number of ether oxygens (including phenoxy) is 1. The number of nitrogens with zero attached hydrogens (tertiary/aromatic N) is 5.